The van der Waals surface area contributed by atoms with Crippen LogP contribution in [0.1, 0.15) is 2.85 Å². The number of hydrogen-bond acceptors (Lipinski definition) is 6. The van der Waals surface area contributed by atoms with Crippen LogP contribution in [0.25, 0.3) is 0 Å². The van der Waals surface area contributed by atoms with E-state index in [2.05, 4.69) is 4.74 Å². The molecule has 0 spiro atoms. The molecule has 72 valence electrons. The second kappa shape index (κ2) is 4.65. The molecule has 0 aromatic heterocycles. The van der Waals surface area contributed by atoms with E-state index in [4.69, 9.17) is 20.4 Å². The van der Waals surface area contributed by atoms with E-state index >= 15 is 0 Å². The Labute approximate surface area is 92.6 Å². The zero-order valence-electron chi connectivity index (χ0n) is 8.67. The molecule has 1 heterocycles. The second-order valence-corrected chi connectivity index (χ2v) is 2.31. The van der Waals surface area contributed by atoms with Gasteiger partial charge in [-0.2, -0.15) is 0 Å². The van der Waals surface area contributed by atoms with Crippen molar-refractivity contribution < 1.29 is 32.8 Å². The molecule has 13 heavy (non-hydrogen) atoms. The van der Waals surface area contributed by atoms with E-state index in [1.54, 1.807) is 0 Å². The topological polar surface area (TPSA) is 107 Å². The SMILES string of the molecule is O=C1O[C@H](C(O)CO)C(O)=C1O.[H-].[H-].[Mg+2]. The van der Waals surface area contributed by atoms with Crippen molar-refractivity contribution in [3.05, 3.63) is 11.5 Å². The molecule has 6 nitrogen and oxygen atoms in total. The minimum atomic E-state index is -1.42. The van der Waals surface area contributed by atoms with Gasteiger partial charge in [-0.25, -0.2) is 4.79 Å². The molecule has 1 unspecified atom stereocenters. The summed E-state index contributed by atoms with van der Waals surface area (Å²) in [5.41, 5.74) is 0. The summed E-state index contributed by atoms with van der Waals surface area (Å²) in [5.74, 6) is -2.78. The van der Waals surface area contributed by atoms with E-state index in [1.807, 2.05) is 0 Å². The standard InChI is InChI=1S/C6H8O6.Mg.2H/c7-1-2(8)5-3(9)4(10)6(11)12-5;;;/h2,5,7-10H,1H2;;;/q;+2;2*-1/t2?,5-;;;/m1.../s1. The first-order valence-corrected chi connectivity index (χ1v) is 3.20. The van der Waals surface area contributed by atoms with Crippen molar-refractivity contribution in [1.29, 1.82) is 0 Å². The molecule has 0 amide bonds. The quantitative estimate of drug-likeness (QED) is 0.319. The van der Waals surface area contributed by atoms with E-state index in [0.29, 0.717) is 0 Å². The summed E-state index contributed by atoms with van der Waals surface area (Å²) in [5, 5.41) is 35.0. The van der Waals surface area contributed by atoms with Gasteiger partial charge in [-0.3, -0.25) is 0 Å². The van der Waals surface area contributed by atoms with Crippen LogP contribution in [0.5, 0.6) is 0 Å². The first-order valence-electron chi connectivity index (χ1n) is 3.20. The molecule has 0 radical (unpaired) electrons. The van der Waals surface area contributed by atoms with Gasteiger partial charge in [0.1, 0.15) is 6.10 Å². The maximum atomic E-state index is 10.5. The van der Waals surface area contributed by atoms with Crippen molar-refractivity contribution in [3.8, 4) is 0 Å². The number of esters is 1. The van der Waals surface area contributed by atoms with Crippen LogP contribution in [-0.4, -0.2) is 68.3 Å². The number of hydrogen-bond donors (Lipinski definition) is 4. The summed E-state index contributed by atoms with van der Waals surface area (Å²) in [6, 6.07) is 0. The molecule has 0 fully saturated rings. The van der Waals surface area contributed by atoms with Crippen molar-refractivity contribution in [2.45, 2.75) is 12.2 Å². The van der Waals surface area contributed by atoms with Gasteiger partial charge in [-0.05, 0) is 0 Å². The average molecular weight is 202 g/mol. The number of cyclic esters (lactones) is 1. The van der Waals surface area contributed by atoms with Crippen LogP contribution in [0, 0.1) is 0 Å². The zero-order valence-corrected chi connectivity index (χ0v) is 8.09. The zero-order chi connectivity index (χ0) is 9.30. The van der Waals surface area contributed by atoms with Crippen LogP contribution in [0.3, 0.4) is 0 Å². The molecule has 0 aliphatic carbocycles. The van der Waals surface area contributed by atoms with Crippen molar-refractivity contribution in [3.63, 3.8) is 0 Å². The van der Waals surface area contributed by atoms with Gasteiger partial charge in [-0.15, -0.1) is 0 Å². The normalized spacial score (nSPS) is 23.8. The van der Waals surface area contributed by atoms with Gasteiger partial charge >= 0.3 is 29.0 Å². The number of aliphatic hydroxyl groups excluding tert-OH is 4. The van der Waals surface area contributed by atoms with Crippen LogP contribution >= 0.6 is 0 Å². The Balaban J connectivity index is -0.000000480. The second-order valence-electron chi connectivity index (χ2n) is 2.31. The minimum absolute atomic E-state index is 0. The van der Waals surface area contributed by atoms with Crippen LogP contribution < -0.4 is 0 Å². The van der Waals surface area contributed by atoms with Gasteiger partial charge in [0, 0.05) is 0 Å². The summed E-state index contributed by atoms with van der Waals surface area (Å²) < 4.78 is 4.32. The first-order chi connectivity index (χ1) is 5.57. The molecule has 4 N–H and O–H groups in total. The summed E-state index contributed by atoms with van der Waals surface area (Å²) in [7, 11) is 0. The van der Waals surface area contributed by atoms with E-state index in [1.165, 1.54) is 0 Å². The molecule has 1 rings (SSSR count). The first kappa shape index (κ1) is 12.5. The largest absolute Gasteiger partial charge is 2.00 e. The molecule has 0 bridgehead atoms. The fourth-order valence-electron chi connectivity index (χ4n) is 0.823. The molecule has 0 aromatic carbocycles. The van der Waals surface area contributed by atoms with Gasteiger partial charge in [0.15, 0.2) is 11.9 Å². The van der Waals surface area contributed by atoms with Crippen molar-refractivity contribution in [2.75, 3.05) is 6.61 Å². The maximum absolute atomic E-state index is 10.5. The van der Waals surface area contributed by atoms with Gasteiger partial charge in [0.2, 0.25) is 5.76 Å². The van der Waals surface area contributed by atoms with Crippen LogP contribution in [-0.2, 0) is 9.53 Å². The smallest absolute Gasteiger partial charge is 1.00 e. The Morgan fingerprint density at radius 2 is 2.08 bits per heavy atom. The molecule has 0 saturated carbocycles. The summed E-state index contributed by atoms with van der Waals surface area (Å²) in [4.78, 5) is 10.5. The van der Waals surface area contributed by atoms with Crippen molar-refractivity contribution >= 4 is 29.0 Å². The molecule has 0 aromatic rings. The van der Waals surface area contributed by atoms with Crippen molar-refractivity contribution in [2.24, 2.45) is 0 Å². The molecule has 2 atom stereocenters. The maximum Gasteiger partial charge on any atom is 2.00 e. The number of carbonyl (C=O) groups is 1. The molecular weight excluding hydrogens is 192 g/mol. The van der Waals surface area contributed by atoms with Gasteiger partial charge in [-0.1, -0.05) is 0 Å². The Morgan fingerprint density at radius 3 is 2.38 bits per heavy atom. The minimum Gasteiger partial charge on any atom is -1.00 e. The number of aliphatic hydroxyl groups is 4. The third kappa shape index (κ3) is 2.24. The van der Waals surface area contributed by atoms with Gasteiger partial charge in [0.05, 0.1) is 6.61 Å². The van der Waals surface area contributed by atoms with Gasteiger partial charge in [0.25, 0.3) is 0 Å². The van der Waals surface area contributed by atoms with Crippen LogP contribution in [0.2, 0.25) is 0 Å². The summed E-state index contributed by atoms with van der Waals surface area (Å²) in [6.07, 6.45) is -2.78. The Hall–Kier alpha value is -0.504. The number of carbonyl (C=O) groups excluding carboxylic acids is 1. The fourth-order valence-corrected chi connectivity index (χ4v) is 0.823. The fraction of sp³-hybridized carbons (Fsp3) is 0.500. The molecule has 1 aliphatic heterocycles. The molecular formula is C6H10MgO6. The molecule has 7 heteroatoms. The Kier molecular flexibility index (Phi) is 4.47. The van der Waals surface area contributed by atoms with Crippen LogP contribution in [0.15, 0.2) is 11.5 Å². The Morgan fingerprint density at radius 1 is 1.54 bits per heavy atom. The summed E-state index contributed by atoms with van der Waals surface area (Å²) >= 11 is 0. The van der Waals surface area contributed by atoms with E-state index < -0.39 is 36.3 Å². The van der Waals surface area contributed by atoms with E-state index in [0.717, 1.165) is 0 Å². The van der Waals surface area contributed by atoms with Crippen molar-refractivity contribution in [1.82, 2.24) is 0 Å². The molecule has 1 aliphatic rings. The molecule has 0 saturated heterocycles. The number of ether oxygens (including phenoxy) is 1. The predicted octanol–water partition coefficient (Wildman–Crippen LogP) is -1.56. The summed E-state index contributed by atoms with van der Waals surface area (Å²) in [6.45, 7) is -0.671. The average Bonchev–Trinajstić information content (AvgIpc) is 2.32. The van der Waals surface area contributed by atoms with Crippen LogP contribution in [0.4, 0.5) is 0 Å². The third-order valence-corrected chi connectivity index (χ3v) is 1.48. The van der Waals surface area contributed by atoms with Gasteiger partial charge < -0.3 is 28.0 Å². The van der Waals surface area contributed by atoms with E-state index in [-0.39, 0.29) is 25.9 Å². The Bertz CT molecular complexity index is 246. The number of rotatable bonds is 2. The monoisotopic (exact) mass is 202 g/mol. The predicted molar refractivity (Wildman–Crippen MR) is 43.2 cm³/mol. The van der Waals surface area contributed by atoms with E-state index in [9.17, 15) is 4.79 Å². The third-order valence-electron chi connectivity index (χ3n) is 1.48.